The second kappa shape index (κ2) is 10.2. The standard InChI is InChI=1S/C29H21N3O5/c33-27-25(26(19-10-4-1-5-11-19)37-28(34)20-12-6-2-7-13-20)23-17-16-22(18-24(23)32(27)36)31-29(35)30-21-14-8-3-9-15-21/h1-18,36H,(H2,30,31,35)/b26-25-. The maximum Gasteiger partial charge on any atom is 0.343 e. The zero-order valence-corrected chi connectivity index (χ0v) is 19.4. The van der Waals surface area contributed by atoms with Crippen LogP contribution in [0.3, 0.4) is 0 Å². The van der Waals surface area contributed by atoms with Gasteiger partial charge < -0.3 is 15.4 Å². The summed E-state index contributed by atoms with van der Waals surface area (Å²) in [5.74, 6) is -1.39. The number of fused-ring (bicyclic) bond motifs is 1. The number of carbonyl (C=O) groups excluding carboxylic acids is 3. The molecule has 4 aromatic rings. The molecule has 0 saturated heterocycles. The van der Waals surface area contributed by atoms with Crippen molar-refractivity contribution in [3.05, 3.63) is 126 Å². The summed E-state index contributed by atoms with van der Waals surface area (Å²) in [6, 6.07) is 30.2. The van der Waals surface area contributed by atoms with Gasteiger partial charge in [0.25, 0.3) is 5.91 Å². The second-order valence-electron chi connectivity index (χ2n) is 8.12. The first kappa shape index (κ1) is 23.5. The Morgan fingerprint density at radius 1 is 0.703 bits per heavy atom. The molecule has 0 radical (unpaired) electrons. The first-order valence-electron chi connectivity index (χ1n) is 11.4. The summed E-state index contributed by atoms with van der Waals surface area (Å²) in [5.41, 5.74) is 2.27. The zero-order chi connectivity index (χ0) is 25.8. The van der Waals surface area contributed by atoms with Gasteiger partial charge in [0.15, 0.2) is 5.76 Å². The van der Waals surface area contributed by atoms with E-state index >= 15 is 0 Å². The molecule has 8 heteroatoms. The van der Waals surface area contributed by atoms with Gasteiger partial charge in [-0.3, -0.25) is 10.0 Å². The van der Waals surface area contributed by atoms with Gasteiger partial charge >= 0.3 is 12.0 Å². The summed E-state index contributed by atoms with van der Waals surface area (Å²) in [5, 5.41) is 16.5. The molecule has 0 atom stereocenters. The van der Waals surface area contributed by atoms with Gasteiger partial charge in [0.2, 0.25) is 0 Å². The molecule has 1 aliphatic heterocycles. The Morgan fingerprint density at radius 2 is 1.27 bits per heavy atom. The summed E-state index contributed by atoms with van der Waals surface area (Å²) in [6.45, 7) is 0. The summed E-state index contributed by atoms with van der Waals surface area (Å²) < 4.78 is 5.75. The van der Waals surface area contributed by atoms with E-state index in [4.69, 9.17) is 4.74 Å². The van der Waals surface area contributed by atoms with Gasteiger partial charge in [-0.1, -0.05) is 66.7 Å². The highest BCUT2D eigenvalue weighted by molar-refractivity contribution is 6.36. The van der Waals surface area contributed by atoms with Gasteiger partial charge in [-0.2, -0.15) is 5.06 Å². The Labute approximate surface area is 212 Å². The van der Waals surface area contributed by atoms with E-state index in [9.17, 15) is 19.6 Å². The van der Waals surface area contributed by atoms with Crippen molar-refractivity contribution in [3.8, 4) is 0 Å². The van der Waals surface area contributed by atoms with Gasteiger partial charge in [-0.15, -0.1) is 0 Å². The summed E-state index contributed by atoms with van der Waals surface area (Å²) >= 11 is 0. The minimum absolute atomic E-state index is 0.0137. The molecule has 0 aliphatic carbocycles. The van der Waals surface area contributed by atoms with Gasteiger partial charge in [0.1, 0.15) is 0 Å². The number of nitrogens with zero attached hydrogens (tertiary/aromatic N) is 1. The molecule has 4 aromatic carbocycles. The van der Waals surface area contributed by atoms with E-state index in [0.29, 0.717) is 33.1 Å². The maximum absolute atomic E-state index is 13.2. The number of ether oxygens (including phenoxy) is 1. The van der Waals surface area contributed by atoms with Crippen LogP contribution in [0, 0.1) is 0 Å². The molecule has 0 bridgehead atoms. The van der Waals surface area contributed by atoms with Crippen LogP contribution in [0.5, 0.6) is 0 Å². The van der Waals surface area contributed by atoms with Gasteiger partial charge in [0, 0.05) is 22.5 Å². The highest BCUT2D eigenvalue weighted by Gasteiger charge is 2.36. The summed E-state index contributed by atoms with van der Waals surface area (Å²) in [7, 11) is 0. The number of hydroxylamine groups is 1. The van der Waals surface area contributed by atoms with Crippen LogP contribution in [0.4, 0.5) is 21.9 Å². The number of anilines is 3. The van der Waals surface area contributed by atoms with E-state index in [-0.39, 0.29) is 17.0 Å². The minimum atomic E-state index is -0.763. The van der Waals surface area contributed by atoms with Crippen molar-refractivity contribution >= 4 is 46.3 Å². The van der Waals surface area contributed by atoms with Crippen LogP contribution in [0.2, 0.25) is 0 Å². The van der Waals surface area contributed by atoms with Crippen molar-refractivity contribution in [1.82, 2.24) is 0 Å². The number of benzene rings is 4. The molecule has 0 saturated carbocycles. The minimum Gasteiger partial charge on any atom is -0.421 e. The lowest BCUT2D eigenvalue weighted by Gasteiger charge is -2.12. The van der Waals surface area contributed by atoms with E-state index < -0.39 is 17.9 Å². The number of hydrogen-bond donors (Lipinski definition) is 3. The third-order valence-electron chi connectivity index (χ3n) is 5.66. The van der Waals surface area contributed by atoms with Crippen LogP contribution in [-0.2, 0) is 9.53 Å². The molecule has 5 rings (SSSR count). The maximum atomic E-state index is 13.2. The zero-order valence-electron chi connectivity index (χ0n) is 19.4. The molecular formula is C29H21N3O5. The molecule has 8 nitrogen and oxygen atoms in total. The van der Waals surface area contributed by atoms with Gasteiger partial charge in [0.05, 0.1) is 16.8 Å². The molecule has 3 N–H and O–H groups in total. The van der Waals surface area contributed by atoms with Crippen molar-refractivity contribution < 1.29 is 24.3 Å². The van der Waals surface area contributed by atoms with Crippen molar-refractivity contribution in [2.45, 2.75) is 0 Å². The number of hydrogen-bond acceptors (Lipinski definition) is 5. The fourth-order valence-corrected chi connectivity index (χ4v) is 3.93. The Bertz CT molecular complexity index is 1500. The fourth-order valence-electron chi connectivity index (χ4n) is 3.93. The van der Waals surface area contributed by atoms with Crippen molar-refractivity contribution in [2.24, 2.45) is 0 Å². The molecule has 0 fully saturated rings. The number of nitrogens with one attached hydrogen (secondary N) is 2. The van der Waals surface area contributed by atoms with Crippen LogP contribution >= 0.6 is 0 Å². The highest BCUT2D eigenvalue weighted by atomic mass is 16.5. The Balaban J connectivity index is 1.50. The number of esters is 1. The first-order chi connectivity index (χ1) is 18.0. The highest BCUT2D eigenvalue weighted by Crippen LogP contribution is 2.42. The number of rotatable bonds is 5. The van der Waals surface area contributed by atoms with Crippen LogP contribution in [0.15, 0.2) is 109 Å². The molecular weight excluding hydrogens is 470 g/mol. The predicted octanol–water partition coefficient (Wildman–Crippen LogP) is 5.79. The third-order valence-corrected chi connectivity index (χ3v) is 5.66. The average molecular weight is 492 g/mol. The van der Waals surface area contributed by atoms with E-state index in [1.54, 1.807) is 97.1 Å². The number of amides is 3. The van der Waals surface area contributed by atoms with Crippen LogP contribution in [-0.4, -0.2) is 23.1 Å². The summed E-state index contributed by atoms with van der Waals surface area (Å²) in [6.07, 6.45) is 0. The van der Waals surface area contributed by atoms with Crippen molar-refractivity contribution in [1.29, 1.82) is 0 Å². The largest absolute Gasteiger partial charge is 0.421 e. The molecule has 1 aliphatic rings. The topological polar surface area (TPSA) is 108 Å². The van der Waals surface area contributed by atoms with Crippen molar-refractivity contribution in [2.75, 3.05) is 15.7 Å². The predicted molar refractivity (Wildman–Crippen MR) is 140 cm³/mol. The van der Waals surface area contributed by atoms with Crippen molar-refractivity contribution in [3.63, 3.8) is 0 Å². The lowest BCUT2D eigenvalue weighted by atomic mass is 10.0. The van der Waals surface area contributed by atoms with Gasteiger partial charge in [-0.25, -0.2) is 9.59 Å². The lowest BCUT2D eigenvalue weighted by Crippen LogP contribution is -2.22. The van der Waals surface area contributed by atoms with Crippen LogP contribution < -0.4 is 15.7 Å². The molecule has 37 heavy (non-hydrogen) atoms. The van der Waals surface area contributed by atoms with Gasteiger partial charge in [-0.05, 0) is 42.5 Å². The molecule has 0 spiro atoms. The molecule has 182 valence electrons. The number of carbonyl (C=O) groups is 3. The SMILES string of the molecule is O=C(Nc1ccccc1)Nc1ccc2c(c1)N(O)C(=O)/C2=C(\OC(=O)c1ccccc1)c1ccccc1. The monoisotopic (exact) mass is 491 g/mol. The van der Waals surface area contributed by atoms with E-state index in [2.05, 4.69) is 10.6 Å². The molecule has 3 amide bonds. The van der Waals surface area contributed by atoms with Crippen LogP contribution in [0.25, 0.3) is 11.3 Å². The average Bonchev–Trinajstić information content (AvgIpc) is 3.17. The normalized spacial score (nSPS) is 13.5. The quantitative estimate of drug-likeness (QED) is 0.142. The molecule has 1 heterocycles. The first-order valence-corrected chi connectivity index (χ1v) is 11.4. The van der Waals surface area contributed by atoms with E-state index in [0.717, 1.165) is 0 Å². The smallest absolute Gasteiger partial charge is 0.343 e. The van der Waals surface area contributed by atoms with Crippen LogP contribution in [0.1, 0.15) is 21.5 Å². The van der Waals surface area contributed by atoms with E-state index in [1.807, 2.05) is 6.07 Å². The Kier molecular flexibility index (Phi) is 6.48. The Morgan fingerprint density at radius 3 is 1.92 bits per heavy atom. The fraction of sp³-hybridized carbons (Fsp3) is 0. The second-order valence-corrected chi connectivity index (χ2v) is 8.12. The number of para-hydroxylation sites is 1. The molecule has 0 aromatic heterocycles. The van der Waals surface area contributed by atoms with E-state index in [1.165, 1.54) is 6.07 Å². The summed E-state index contributed by atoms with van der Waals surface area (Å²) in [4.78, 5) is 38.5. The number of urea groups is 1. The Hall–Kier alpha value is -5.21. The molecule has 0 unspecified atom stereocenters. The third kappa shape index (κ3) is 4.95. The lowest BCUT2D eigenvalue weighted by molar-refractivity contribution is -0.117.